The van der Waals surface area contributed by atoms with E-state index in [2.05, 4.69) is 26.9 Å². The molecule has 1 aromatic heterocycles. The maximum absolute atomic E-state index is 15.2. The molecular weight excluding hydrogens is 480 g/mol. The Morgan fingerprint density at radius 1 is 1.18 bits per heavy atom. The summed E-state index contributed by atoms with van der Waals surface area (Å²) in [5.74, 6) is -0.138. The predicted molar refractivity (Wildman–Crippen MR) is 129 cm³/mol. The van der Waals surface area contributed by atoms with Crippen LogP contribution < -0.4 is 4.74 Å². The van der Waals surface area contributed by atoms with Gasteiger partial charge in [0.15, 0.2) is 17.4 Å². The van der Waals surface area contributed by atoms with Crippen LogP contribution in [-0.4, -0.2) is 29.2 Å². The van der Waals surface area contributed by atoms with Crippen molar-refractivity contribution in [1.29, 1.82) is 5.26 Å². The number of benzene rings is 3. The first-order valence-corrected chi connectivity index (χ1v) is 10.7. The van der Waals surface area contributed by atoms with Crippen LogP contribution in [0.4, 0.5) is 4.39 Å². The highest BCUT2D eigenvalue weighted by Gasteiger charge is 2.17. The topological polar surface area (TPSA) is 95.7 Å². The molecule has 0 bridgehead atoms. The summed E-state index contributed by atoms with van der Waals surface area (Å²) in [5, 5.41) is 16.9. The molecule has 0 aliphatic carbocycles. The summed E-state index contributed by atoms with van der Waals surface area (Å²) in [7, 11) is 0. The number of aromatic nitrogens is 2. The number of para-hydroxylation sites is 2. The van der Waals surface area contributed by atoms with Gasteiger partial charge in [-0.25, -0.2) is 9.37 Å². The highest BCUT2D eigenvalue weighted by Crippen LogP contribution is 2.35. The van der Waals surface area contributed by atoms with E-state index in [0.29, 0.717) is 11.4 Å². The lowest BCUT2D eigenvalue weighted by Crippen LogP contribution is -2.12. The Labute approximate surface area is 204 Å². The van der Waals surface area contributed by atoms with Gasteiger partial charge in [-0.3, -0.25) is 0 Å². The smallest absolute Gasteiger partial charge is 0.277 e. The zero-order chi connectivity index (χ0) is 24.1. The van der Waals surface area contributed by atoms with Crippen molar-refractivity contribution >= 4 is 46.9 Å². The van der Waals surface area contributed by atoms with Crippen molar-refractivity contribution in [2.24, 2.45) is 10.2 Å². The van der Waals surface area contributed by atoms with Gasteiger partial charge in [0.1, 0.15) is 5.75 Å². The third-order valence-corrected chi connectivity index (χ3v) is 5.23. The van der Waals surface area contributed by atoms with E-state index < -0.39 is 5.82 Å². The van der Waals surface area contributed by atoms with Crippen LogP contribution in [0, 0.1) is 17.1 Å². The molecule has 0 aliphatic heterocycles. The van der Waals surface area contributed by atoms with E-state index in [4.69, 9.17) is 37.9 Å². The van der Waals surface area contributed by atoms with Crippen LogP contribution in [0.3, 0.4) is 0 Å². The SMILES string of the molecule is C=N/N=C(\OCCc1ccc(Cl)c(Oc2cc(Cl)cc(C#N)c2)c1F)c1nc2ccccc2[nH]1. The van der Waals surface area contributed by atoms with Crippen LogP contribution in [0.1, 0.15) is 17.0 Å². The number of halogens is 3. The first-order valence-electron chi connectivity index (χ1n) is 9.95. The number of nitriles is 1. The zero-order valence-corrected chi connectivity index (χ0v) is 19.1. The lowest BCUT2D eigenvalue weighted by atomic mass is 10.1. The minimum atomic E-state index is -0.654. The van der Waals surface area contributed by atoms with Crippen molar-refractivity contribution in [1.82, 2.24) is 9.97 Å². The quantitative estimate of drug-likeness (QED) is 0.185. The molecule has 0 spiro atoms. The predicted octanol–water partition coefficient (Wildman–Crippen LogP) is 6.29. The van der Waals surface area contributed by atoms with Crippen LogP contribution in [0.25, 0.3) is 11.0 Å². The largest absolute Gasteiger partial charge is 0.474 e. The number of imidazole rings is 1. The van der Waals surface area contributed by atoms with Crippen molar-refractivity contribution in [3.8, 4) is 17.6 Å². The van der Waals surface area contributed by atoms with Crippen molar-refractivity contribution in [2.45, 2.75) is 6.42 Å². The number of H-pyrrole nitrogens is 1. The monoisotopic (exact) mass is 495 g/mol. The van der Waals surface area contributed by atoms with E-state index in [1.807, 2.05) is 30.3 Å². The van der Waals surface area contributed by atoms with Crippen molar-refractivity contribution < 1.29 is 13.9 Å². The van der Waals surface area contributed by atoms with Crippen LogP contribution in [-0.2, 0) is 11.2 Å². The summed E-state index contributed by atoms with van der Waals surface area (Å²) in [6.07, 6.45) is 0.175. The first-order chi connectivity index (χ1) is 16.5. The first kappa shape index (κ1) is 23.2. The van der Waals surface area contributed by atoms with E-state index in [1.54, 1.807) is 0 Å². The van der Waals surface area contributed by atoms with Gasteiger partial charge >= 0.3 is 0 Å². The second kappa shape index (κ2) is 10.3. The highest BCUT2D eigenvalue weighted by molar-refractivity contribution is 6.32. The molecule has 1 N–H and O–H groups in total. The van der Waals surface area contributed by atoms with Crippen molar-refractivity contribution in [3.63, 3.8) is 0 Å². The van der Waals surface area contributed by atoms with Gasteiger partial charge in [0.25, 0.3) is 5.90 Å². The average Bonchev–Trinajstić information content (AvgIpc) is 3.26. The molecule has 0 unspecified atom stereocenters. The fraction of sp³-hybridized carbons (Fsp3) is 0.0833. The Kier molecular flexibility index (Phi) is 7.07. The van der Waals surface area contributed by atoms with Gasteiger partial charge in [-0.1, -0.05) is 41.4 Å². The van der Waals surface area contributed by atoms with E-state index in [-0.39, 0.29) is 46.0 Å². The van der Waals surface area contributed by atoms with Gasteiger partial charge in [0.05, 0.1) is 34.3 Å². The van der Waals surface area contributed by atoms with Crippen LogP contribution >= 0.6 is 23.2 Å². The Morgan fingerprint density at radius 2 is 2.00 bits per heavy atom. The minimum Gasteiger partial charge on any atom is -0.474 e. The third-order valence-electron chi connectivity index (χ3n) is 4.71. The van der Waals surface area contributed by atoms with E-state index >= 15 is 4.39 Å². The maximum Gasteiger partial charge on any atom is 0.277 e. The Bertz CT molecular complexity index is 1410. The Hall–Kier alpha value is -3.93. The summed E-state index contributed by atoms with van der Waals surface area (Å²) in [4.78, 5) is 7.52. The standard InChI is InChI=1S/C24H16Cl2FN5O2/c1-29-32-24(23-30-19-4-2-3-5-20(19)31-23)33-9-8-15-6-7-18(26)22(21(15)27)34-17-11-14(13-28)10-16(25)12-17/h2-7,10-12H,1,8-9H2,(H,30,31)/b32-24-. The molecule has 0 fully saturated rings. The maximum atomic E-state index is 15.2. The number of fused-ring (bicyclic) bond motifs is 1. The second-order valence-corrected chi connectivity index (χ2v) is 7.83. The molecule has 34 heavy (non-hydrogen) atoms. The fourth-order valence-corrected chi connectivity index (χ4v) is 3.59. The summed E-state index contributed by atoms with van der Waals surface area (Å²) < 4.78 is 26.5. The number of hydrogen-bond acceptors (Lipinski definition) is 6. The number of aromatic amines is 1. The van der Waals surface area contributed by atoms with Crippen molar-refractivity contribution in [3.05, 3.63) is 87.4 Å². The van der Waals surface area contributed by atoms with Gasteiger partial charge in [-0.15, -0.1) is 5.10 Å². The molecule has 3 aromatic carbocycles. The fourth-order valence-electron chi connectivity index (χ4n) is 3.18. The number of ether oxygens (including phenoxy) is 2. The summed E-state index contributed by atoms with van der Waals surface area (Å²) >= 11 is 12.2. The molecular formula is C24H16Cl2FN5O2. The lowest BCUT2D eigenvalue weighted by molar-refractivity contribution is 0.304. The van der Waals surface area contributed by atoms with Crippen LogP contribution in [0.5, 0.6) is 11.5 Å². The number of rotatable bonds is 7. The summed E-state index contributed by atoms with van der Waals surface area (Å²) in [6, 6.07) is 16.9. The molecule has 0 saturated heterocycles. The highest BCUT2D eigenvalue weighted by atomic mass is 35.5. The van der Waals surface area contributed by atoms with Crippen LogP contribution in [0.2, 0.25) is 10.0 Å². The molecule has 7 nitrogen and oxygen atoms in total. The van der Waals surface area contributed by atoms with Gasteiger partial charge in [0, 0.05) is 18.2 Å². The number of nitrogens with zero attached hydrogens (tertiary/aromatic N) is 4. The Balaban J connectivity index is 1.50. The number of nitrogens with one attached hydrogen (secondary N) is 1. The van der Waals surface area contributed by atoms with Gasteiger partial charge in [-0.05, 0) is 42.0 Å². The molecule has 0 atom stereocenters. The molecule has 0 aliphatic rings. The van der Waals surface area contributed by atoms with Crippen molar-refractivity contribution in [2.75, 3.05) is 6.61 Å². The minimum absolute atomic E-state index is 0.0686. The number of hydrogen-bond donors (Lipinski definition) is 1. The normalized spacial score (nSPS) is 11.3. The molecule has 4 aromatic rings. The van der Waals surface area contributed by atoms with E-state index in [0.717, 1.165) is 11.0 Å². The molecule has 0 radical (unpaired) electrons. The molecule has 0 amide bonds. The van der Waals surface area contributed by atoms with Gasteiger partial charge in [-0.2, -0.15) is 10.4 Å². The molecule has 4 rings (SSSR count). The lowest BCUT2D eigenvalue weighted by Gasteiger charge is -2.13. The summed E-state index contributed by atoms with van der Waals surface area (Å²) in [5.41, 5.74) is 2.13. The van der Waals surface area contributed by atoms with Crippen LogP contribution in [0.15, 0.2) is 64.8 Å². The second-order valence-electron chi connectivity index (χ2n) is 6.99. The molecule has 1 heterocycles. The molecule has 170 valence electrons. The van der Waals surface area contributed by atoms with E-state index in [9.17, 15) is 0 Å². The third kappa shape index (κ3) is 5.17. The molecule has 10 heteroatoms. The summed E-state index contributed by atoms with van der Waals surface area (Å²) in [6.45, 7) is 3.43. The van der Waals surface area contributed by atoms with Gasteiger partial charge in [0.2, 0.25) is 0 Å². The molecule has 0 saturated carbocycles. The van der Waals surface area contributed by atoms with Gasteiger partial charge < -0.3 is 14.5 Å². The average molecular weight is 496 g/mol. The van der Waals surface area contributed by atoms with E-state index in [1.165, 1.54) is 30.3 Å². The zero-order valence-electron chi connectivity index (χ0n) is 17.6. The Morgan fingerprint density at radius 3 is 2.76 bits per heavy atom.